The lowest BCUT2D eigenvalue weighted by Crippen LogP contribution is -2.50. The zero-order valence-corrected chi connectivity index (χ0v) is 12.5. The molecule has 0 aliphatic heterocycles. The third kappa shape index (κ3) is 2.84. The summed E-state index contributed by atoms with van der Waals surface area (Å²) in [5.74, 6) is 1.41. The first-order valence-corrected chi connectivity index (χ1v) is 7.39. The smallest absolute Gasteiger partial charge is 0.123 e. The monoisotopic (exact) mass is 263 g/mol. The van der Waals surface area contributed by atoms with E-state index in [1.54, 1.807) is 12.1 Å². The van der Waals surface area contributed by atoms with Crippen LogP contribution in [0.15, 0.2) is 18.2 Å². The Bertz CT molecular complexity index is 434. The summed E-state index contributed by atoms with van der Waals surface area (Å²) in [4.78, 5) is 0. The van der Waals surface area contributed by atoms with Gasteiger partial charge in [-0.1, -0.05) is 33.3 Å². The highest BCUT2D eigenvalue weighted by Gasteiger charge is 2.42. The molecule has 0 radical (unpaired) electrons. The number of hydrogen-bond donors (Lipinski definition) is 1. The minimum absolute atomic E-state index is 0.166. The Balaban J connectivity index is 2.45. The molecule has 2 heteroatoms. The van der Waals surface area contributed by atoms with Gasteiger partial charge in [0.25, 0.3) is 0 Å². The van der Waals surface area contributed by atoms with Gasteiger partial charge in [0.05, 0.1) is 0 Å². The highest BCUT2D eigenvalue weighted by Crippen LogP contribution is 2.45. The lowest BCUT2D eigenvalue weighted by Gasteiger charge is -2.46. The fraction of sp³-hybridized carbons (Fsp3) is 0.647. The van der Waals surface area contributed by atoms with Crippen molar-refractivity contribution in [2.75, 3.05) is 0 Å². The largest absolute Gasteiger partial charge is 0.321 e. The van der Waals surface area contributed by atoms with Gasteiger partial charge in [0, 0.05) is 5.54 Å². The third-order valence-corrected chi connectivity index (χ3v) is 4.70. The van der Waals surface area contributed by atoms with E-state index >= 15 is 0 Å². The van der Waals surface area contributed by atoms with Crippen LogP contribution in [-0.4, -0.2) is 0 Å². The summed E-state index contributed by atoms with van der Waals surface area (Å²) < 4.78 is 13.7. The van der Waals surface area contributed by atoms with Crippen LogP contribution in [0.4, 0.5) is 4.39 Å². The van der Waals surface area contributed by atoms with Crippen molar-refractivity contribution < 1.29 is 4.39 Å². The standard InChI is InChI=1S/C17H26FN/c1-11(2)16-6-5-12(3)10-17(16,19)14-7-13(4)8-15(18)9-14/h7-9,11-12,16H,5-6,10,19H2,1-4H3. The van der Waals surface area contributed by atoms with Crippen molar-refractivity contribution in [1.29, 1.82) is 0 Å². The molecular formula is C17H26FN. The minimum atomic E-state index is -0.376. The fourth-order valence-corrected chi connectivity index (χ4v) is 3.82. The van der Waals surface area contributed by atoms with Gasteiger partial charge >= 0.3 is 0 Å². The summed E-state index contributed by atoms with van der Waals surface area (Å²) in [5, 5.41) is 0. The molecule has 1 aliphatic carbocycles. The fourth-order valence-electron chi connectivity index (χ4n) is 3.82. The highest BCUT2D eigenvalue weighted by atomic mass is 19.1. The van der Waals surface area contributed by atoms with E-state index in [1.807, 2.05) is 6.92 Å². The summed E-state index contributed by atoms with van der Waals surface area (Å²) in [6.45, 7) is 8.65. The Morgan fingerprint density at radius 3 is 2.53 bits per heavy atom. The molecule has 1 saturated carbocycles. The second kappa shape index (κ2) is 5.24. The van der Waals surface area contributed by atoms with Gasteiger partial charge < -0.3 is 5.73 Å². The van der Waals surface area contributed by atoms with Crippen LogP contribution in [0.3, 0.4) is 0 Å². The zero-order chi connectivity index (χ0) is 14.2. The van der Waals surface area contributed by atoms with Crippen molar-refractivity contribution in [3.05, 3.63) is 35.1 Å². The van der Waals surface area contributed by atoms with Gasteiger partial charge in [-0.15, -0.1) is 0 Å². The predicted octanol–water partition coefficient (Wildman–Crippen LogP) is 4.38. The summed E-state index contributed by atoms with van der Waals surface area (Å²) in [6.07, 6.45) is 3.33. The molecule has 1 aromatic carbocycles. The molecule has 106 valence electrons. The Morgan fingerprint density at radius 2 is 1.95 bits per heavy atom. The van der Waals surface area contributed by atoms with Crippen molar-refractivity contribution in [3.8, 4) is 0 Å². The molecule has 1 fully saturated rings. The Kier molecular flexibility index (Phi) is 4.00. The number of hydrogen-bond acceptors (Lipinski definition) is 1. The molecule has 1 aliphatic rings. The average molecular weight is 263 g/mol. The van der Waals surface area contributed by atoms with Gasteiger partial charge in [-0.2, -0.15) is 0 Å². The molecule has 1 aromatic rings. The van der Waals surface area contributed by atoms with Crippen LogP contribution in [0.25, 0.3) is 0 Å². The molecule has 0 bridgehead atoms. The Morgan fingerprint density at radius 1 is 1.26 bits per heavy atom. The van der Waals surface area contributed by atoms with Crippen LogP contribution in [0, 0.1) is 30.5 Å². The minimum Gasteiger partial charge on any atom is -0.321 e. The highest BCUT2D eigenvalue weighted by molar-refractivity contribution is 5.31. The molecule has 2 N–H and O–H groups in total. The summed E-state index contributed by atoms with van der Waals surface area (Å²) in [7, 11) is 0. The van der Waals surface area contributed by atoms with E-state index in [0.717, 1.165) is 24.0 Å². The van der Waals surface area contributed by atoms with Gasteiger partial charge in [0.1, 0.15) is 5.82 Å². The van der Waals surface area contributed by atoms with Crippen LogP contribution in [0.5, 0.6) is 0 Å². The zero-order valence-electron chi connectivity index (χ0n) is 12.5. The molecule has 0 spiro atoms. The molecule has 0 amide bonds. The molecule has 0 aromatic heterocycles. The molecule has 2 rings (SSSR count). The van der Waals surface area contributed by atoms with E-state index in [-0.39, 0.29) is 11.4 Å². The third-order valence-electron chi connectivity index (χ3n) is 4.70. The number of aryl methyl sites for hydroxylation is 1. The molecule has 3 atom stereocenters. The van der Waals surface area contributed by atoms with Crippen molar-refractivity contribution >= 4 is 0 Å². The second-order valence-corrected chi connectivity index (χ2v) is 6.79. The maximum atomic E-state index is 13.7. The van der Waals surface area contributed by atoms with E-state index in [9.17, 15) is 4.39 Å². The number of halogens is 1. The topological polar surface area (TPSA) is 26.0 Å². The first-order chi connectivity index (χ1) is 8.83. The van der Waals surface area contributed by atoms with Gasteiger partial charge in [-0.25, -0.2) is 4.39 Å². The van der Waals surface area contributed by atoms with Gasteiger partial charge in [-0.3, -0.25) is 0 Å². The molecule has 0 saturated heterocycles. The molecule has 3 unspecified atom stereocenters. The van der Waals surface area contributed by atoms with Gasteiger partial charge in [-0.05, 0) is 60.8 Å². The van der Waals surface area contributed by atoms with E-state index in [1.165, 1.54) is 6.42 Å². The lowest BCUT2D eigenvalue weighted by molar-refractivity contribution is 0.108. The lowest BCUT2D eigenvalue weighted by atomic mass is 9.62. The molecule has 1 nitrogen and oxygen atoms in total. The number of benzene rings is 1. The molecule has 0 heterocycles. The van der Waals surface area contributed by atoms with Crippen LogP contribution in [-0.2, 0) is 5.54 Å². The van der Waals surface area contributed by atoms with E-state index in [4.69, 9.17) is 5.73 Å². The summed E-state index contributed by atoms with van der Waals surface area (Å²) in [5.41, 5.74) is 8.35. The van der Waals surface area contributed by atoms with Gasteiger partial charge in [0.15, 0.2) is 0 Å². The van der Waals surface area contributed by atoms with Crippen LogP contribution < -0.4 is 5.73 Å². The SMILES string of the molecule is Cc1cc(F)cc(C2(N)CC(C)CCC2C(C)C)c1. The second-order valence-electron chi connectivity index (χ2n) is 6.79. The first kappa shape index (κ1) is 14.5. The summed E-state index contributed by atoms with van der Waals surface area (Å²) in [6, 6.07) is 5.28. The van der Waals surface area contributed by atoms with Crippen LogP contribution in [0.1, 0.15) is 51.2 Å². The first-order valence-electron chi connectivity index (χ1n) is 7.39. The number of nitrogens with two attached hydrogens (primary N) is 1. The Hall–Kier alpha value is -0.890. The Labute approximate surface area is 116 Å². The van der Waals surface area contributed by atoms with Crippen LogP contribution in [0.2, 0.25) is 0 Å². The van der Waals surface area contributed by atoms with Crippen molar-refractivity contribution in [2.45, 2.75) is 52.5 Å². The predicted molar refractivity (Wildman–Crippen MR) is 78.3 cm³/mol. The van der Waals surface area contributed by atoms with E-state index < -0.39 is 0 Å². The van der Waals surface area contributed by atoms with Crippen molar-refractivity contribution in [2.24, 2.45) is 23.5 Å². The normalized spacial score (nSPS) is 31.7. The van der Waals surface area contributed by atoms with E-state index in [2.05, 4.69) is 26.8 Å². The maximum absolute atomic E-state index is 13.7. The maximum Gasteiger partial charge on any atom is 0.123 e. The molecule has 19 heavy (non-hydrogen) atoms. The van der Waals surface area contributed by atoms with E-state index in [0.29, 0.717) is 17.8 Å². The van der Waals surface area contributed by atoms with Gasteiger partial charge in [0.2, 0.25) is 0 Å². The number of rotatable bonds is 2. The quantitative estimate of drug-likeness (QED) is 0.842. The molecular weight excluding hydrogens is 237 g/mol. The van der Waals surface area contributed by atoms with Crippen molar-refractivity contribution in [3.63, 3.8) is 0 Å². The summed E-state index contributed by atoms with van der Waals surface area (Å²) >= 11 is 0. The van der Waals surface area contributed by atoms with Crippen molar-refractivity contribution in [1.82, 2.24) is 0 Å². The average Bonchev–Trinajstić information content (AvgIpc) is 2.26. The van der Waals surface area contributed by atoms with Crippen LogP contribution >= 0.6 is 0 Å².